The van der Waals surface area contributed by atoms with Crippen molar-refractivity contribution in [1.29, 1.82) is 0 Å². The Morgan fingerprint density at radius 1 is 0.661 bits per heavy atom. The van der Waals surface area contributed by atoms with Gasteiger partial charge in [-0.25, -0.2) is 0 Å². The largest absolute Gasteiger partial charge is 0.466 e. The van der Waals surface area contributed by atoms with E-state index >= 15 is 0 Å². The van der Waals surface area contributed by atoms with Crippen LogP contribution in [0.2, 0.25) is 0 Å². The van der Waals surface area contributed by atoms with Crippen molar-refractivity contribution in [2.75, 3.05) is 40.3 Å². The summed E-state index contributed by atoms with van der Waals surface area (Å²) in [6, 6.07) is 0. The molecule has 1 N–H and O–H groups in total. The van der Waals surface area contributed by atoms with Gasteiger partial charge in [0, 0.05) is 61.5 Å². The average molecular weight is 888 g/mol. The van der Waals surface area contributed by atoms with E-state index in [9.17, 15) is 24.0 Å². The van der Waals surface area contributed by atoms with E-state index in [4.69, 9.17) is 9.47 Å². The summed E-state index contributed by atoms with van der Waals surface area (Å²) in [7, 11) is 3.93. The number of rotatable bonds is 39. The number of Topliss-reactive ketones (excluding diaryl/α,β-unsaturated/α-hetero) is 1. The SMILES string of the molecule is CCCCCCCCCOC(=O)CCCCCCC(=O)Cc1sc2c(c1C(=O)NCCN(C)C)CCN(C(=O)CCCCC(=O)OC(CCCCCC)CCCCCCCC)C2. The van der Waals surface area contributed by atoms with Gasteiger partial charge in [0.05, 0.1) is 18.7 Å². The summed E-state index contributed by atoms with van der Waals surface area (Å²) in [6.45, 7) is 9.36. The molecule has 1 unspecified atom stereocenters. The minimum atomic E-state index is -0.146. The Morgan fingerprint density at radius 2 is 1.19 bits per heavy atom. The van der Waals surface area contributed by atoms with Gasteiger partial charge in [0.2, 0.25) is 5.91 Å². The summed E-state index contributed by atoms with van der Waals surface area (Å²) in [5.74, 6) is -0.248. The van der Waals surface area contributed by atoms with Crippen LogP contribution in [-0.4, -0.2) is 85.8 Å². The third-order valence-electron chi connectivity index (χ3n) is 12.1. The molecule has 2 heterocycles. The number of fused-ring (bicyclic) bond motifs is 1. The van der Waals surface area contributed by atoms with E-state index in [1.165, 1.54) is 94.8 Å². The van der Waals surface area contributed by atoms with Crippen LogP contribution in [0.3, 0.4) is 0 Å². The van der Waals surface area contributed by atoms with Crippen LogP contribution in [0.5, 0.6) is 0 Å². The standard InChI is InChI=1S/C51H89N3O7S/c1-6-9-12-15-17-21-28-39-60-48(57)33-25-20-19-22-29-42(55)40-45-50(51(59)52-36-38-53(4)5)44-35-37-54(41-46(44)62-45)47(56)32-26-27-34-49(58)61-43(30-23-14-11-8-3)31-24-18-16-13-10-7-2/h43H,6-41H2,1-5H3,(H,52,59). The lowest BCUT2D eigenvalue weighted by atomic mass is 9.98. The third-order valence-corrected chi connectivity index (χ3v) is 13.3. The van der Waals surface area contributed by atoms with E-state index in [2.05, 4.69) is 26.1 Å². The Bertz CT molecular complexity index is 1400. The van der Waals surface area contributed by atoms with Gasteiger partial charge in [-0.15, -0.1) is 11.3 Å². The van der Waals surface area contributed by atoms with Crippen LogP contribution >= 0.6 is 11.3 Å². The van der Waals surface area contributed by atoms with Crippen molar-refractivity contribution in [3.63, 3.8) is 0 Å². The van der Waals surface area contributed by atoms with Crippen molar-refractivity contribution < 1.29 is 33.4 Å². The molecule has 11 heteroatoms. The highest BCUT2D eigenvalue weighted by Gasteiger charge is 2.30. The highest BCUT2D eigenvalue weighted by molar-refractivity contribution is 7.12. The Balaban J connectivity index is 1.83. The molecule has 2 amide bonds. The Hall–Kier alpha value is -2.79. The summed E-state index contributed by atoms with van der Waals surface area (Å²) in [5, 5.41) is 3.07. The van der Waals surface area contributed by atoms with E-state index in [-0.39, 0.29) is 42.1 Å². The first-order valence-electron chi connectivity index (χ1n) is 25.3. The van der Waals surface area contributed by atoms with Gasteiger partial charge in [0.15, 0.2) is 0 Å². The number of hydrogen-bond acceptors (Lipinski definition) is 9. The number of carbonyl (C=O) groups excluding carboxylic acids is 5. The topological polar surface area (TPSA) is 122 Å². The van der Waals surface area contributed by atoms with E-state index in [0.29, 0.717) is 83.3 Å². The molecule has 1 aromatic rings. The molecular weight excluding hydrogens is 799 g/mol. The summed E-state index contributed by atoms with van der Waals surface area (Å²) < 4.78 is 11.4. The molecule has 0 radical (unpaired) electrons. The van der Waals surface area contributed by atoms with Crippen LogP contribution in [0.15, 0.2) is 0 Å². The maximum Gasteiger partial charge on any atom is 0.306 e. The molecule has 0 fully saturated rings. The van der Waals surface area contributed by atoms with Gasteiger partial charge < -0.3 is 24.6 Å². The average Bonchev–Trinajstić information content (AvgIpc) is 3.61. The van der Waals surface area contributed by atoms with Crippen LogP contribution in [0, 0.1) is 0 Å². The second-order valence-electron chi connectivity index (χ2n) is 18.1. The number of ketones is 1. The first kappa shape index (κ1) is 55.3. The van der Waals surface area contributed by atoms with Gasteiger partial charge >= 0.3 is 11.9 Å². The first-order chi connectivity index (χ1) is 30.1. The molecule has 2 rings (SSSR count). The lowest BCUT2D eigenvalue weighted by Gasteiger charge is -2.27. The fraction of sp³-hybridized carbons (Fsp3) is 0.824. The molecule has 0 aliphatic carbocycles. The molecule has 1 aromatic heterocycles. The number of nitrogens with zero attached hydrogens (tertiary/aromatic N) is 2. The molecule has 0 spiro atoms. The first-order valence-corrected chi connectivity index (χ1v) is 26.1. The fourth-order valence-corrected chi connectivity index (χ4v) is 9.63. The number of likely N-dealkylation sites (N-methyl/N-ethyl adjacent to an activating group) is 1. The minimum Gasteiger partial charge on any atom is -0.466 e. The predicted molar refractivity (Wildman–Crippen MR) is 255 cm³/mol. The van der Waals surface area contributed by atoms with Crippen LogP contribution in [0.4, 0.5) is 0 Å². The maximum atomic E-state index is 13.6. The van der Waals surface area contributed by atoms with Crippen molar-refractivity contribution in [2.45, 2.75) is 232 Å². The zero-order valence-electron chi connectivity index (χ0n) is 40.2. The normalized spacial score (nSPS) is 13.0. The van der Waals surface area contributed by atoms with Crippen LogP contribution in [0.25, 0.3) is 0 Å². The van der Waals surface area contributed by atoms with Gasteiger partial charge in [0.1, 0.15) is 11.9 Å². The summed E-state index contributed by atoms with van der Waals surface area (Å²) in [6.07, 6.45) is 29.1. The molecule has 1 aliphatic heterocycles. The van der Waals surface area contributed by atoms with E-state index in [1.54, 1.807) is 0 Å². The zero-order chi connectivity index (χ0) is 45.2. The monoisotopic (exact) mass is 888 g/mol. The second-order valence-corrected chi connectivity index (χ2v) is 19.3. The van der Waals surface area contributed by atoms with Gasteiger partial charge in [-0.2, -0.15) is 0 Å². The van der Waals surface area contributed by atoms with Gasteiger partial charge in [-0.3, -0.25) is 24.0 Å². The van der Waals surface area contributed by atoms with E-state index < -0.39 is 0 Å². The lowest BCUT2D eigenvalue weighted by Crippen LogP contribution is -2.36. The van der Waals surface area contributed by atoms with Crippen molar-refractivity contribution in [3.8, 4) is 0 Å². The lowest BCUT2D eigenvalue weighted by molar-refractivity contribution is -0.150. The number of amides is 2. The Kier molecular flexibility index (Phi) is 31.7. The Labute approximate surface area is 381 Å². The highest BCUT2D eigenvalue weighted by atomic mass is 32.1. The smallest absolute Gasteiger partial charge is 0.306 e. The zero-order valence-corrected chi connectivity index (χ0v) is 41.0. The van der Waals surface area contributed by atoms with Crippen molar-refractivity contribution >= 4 is 40.9 Å². The molecule has 356 valence electrons. The number of nitrogens with one attached hydrogen (secondary N) is 1. The number of ether oxygens (including phenoxy) is 2. The fourth-order valence-electron chi connectivity index (χ4n) is 8.23. The molecule has 1 atom stereocenters. The molecule has 0 saturated carbocycles. The molecule has 1 aliphatic rings. The minimum absolute atomic E-state index is 0.00135. The molecule has 0 saturated heterocycles. The van der Waals surface area contributed by atoms with Crippen molar-refractivity contribution in [2.24, 2.45) is 0 Å². The van der Waals surface area contributed by atoms with Gasteiger partial charge in [-0.05, 0) is 83.9 Å². The number of carbonyl (C=O) groups is 5. The number of esters is 2. The predicted octanol–water partition coefficient (Wildman–Crippen LogP) is 11.9. The third kappa shape index (κ3) is 25.5. The summed E-state index contributed by atoms with van der Waals surface area (Å²) in [4.78, 5) is 71.0. The number of hydrogen-bond donors (Lipinski definition) is 1. The van der Waals surface area contributed by atoms with Crippen LogP contribution in [-0.2, 0) is 48.0 Å². The Morgan fingerprint density at radius 3 is 1.84 bits per heavy atom. The summed E-state index contributed by atoms with van der Waals surface area (Å²) in [5.41, 5.74) is 1.59. The molecule has 10 nitrogen and oxygen atoms in total. The molecule has 0 bridgehead atoms. The number of unbranched alkanes of at least 4 members (excludes halogenated alkanes) is 18. The van der Waals surface area contributed by atoms with Crippen molar-refractivity contribution in [3.05, 3.63) is 20.9 Å². The van der Waals surface area contributed by atoms with Gasteiger partial charge in [0.25, 0.3) is 5.91 Å². The number of thiophene rings is 1. The van der Waals surface area contributed by atoms with Crippen LogP contribution < -0.4 is 5.32 Å². The second kappa shape index (κ2) is 35.5. The van der Waals surface area contributed by atoms with Crippen LogP contribution in [0.1, 0.15) is 233 Å². The molecule has 0 aromatic carbocycles. The maximum absolute atomic E-state index is 13.6. The quantitative estimate of drug-likeness (QED) is 0.0512. The van der Waals surface area contributed by atoms with Crippen molar-refractivity contribution in [1.82, 2.24) is 15.1 Å². The molecular formula is C51H89N3O7S. The molecule has 62 heavy (non-hydrogen) atoms. The van der Waals surface area contributed by atoms with E-state index in [1.807, 2.05) is 23.9 Å². The van der Waals surface area contributed by atoms with Gasteiger partial charge in [-0.1, -0.05) is 124 Å². The highest BCUT2D eigenvalue weighted by Crippen LogP contribution is 2.34. The van der Waals surface area contributed by atoms with E-state index in [0.717, 1.165) is 79.5 Å². The summed E-state index contributed by atoms with van der Waals surface area (Å²) >= 11 is 1.50.